The minimum absolute atomic E-state index is 0.301. The molecule has 0 saturated heterocycles. The number of ether oxygens (including phenoxy) is 3. The fourth-order valence-corrected chi connectivity index (χ4v) is 3.50. The summed E-state index contributed by atoms with van der Waals surface area (Å²) in [6, 6.07) is 12.6. The van der Waals surface area contributed by atoms with Crippen molar-refractivity contribution in [3.8, 4) is 28.7 Å². The molecule has 4 rings (SSSR count). The Labute approximate surface area is 197 Å². The van der Waals surface area contributed by atoms with Crippen molar-refractivity contribution in [3.63, 3.8) is 0 Å². The maximum atomic E-state index is 13.2. The highest BCUT2D eigenvalue weighted by Gasteiger charge is 2.19. The van der Waals surface area contributed by atoms with Gasteiger partial charge in [0.05, 0.1) is 19.8 Å². The van der Waals surface area contributed by atoms with Gasteiger partial charge in [0, 0.05) is 23.0 Å². The molecule has 0 aliphatic rings. The summed E-state index contributed by atoms with van der Waals surface area (Å²) in [5.74, 6) is 1.55. The Morgan fingerprint density at radius 3 is 2.32 bits per heavy atom. The Kier molecular flexibility index (Phi) is 6.96. The second-order valence-corrected chi connectivity index (χ2v) is 7.43. The first kappa shape index (κ1) is 23.1. The number of aromatic nitrogens is 2. The predicted octanol–water partition coefficient (Wildman–Crippen LogP) is 5.65. The summed E-state index contributed by atoms with van der Waals surface area (Å²) in [5.41, 5.74) is 3.80. The molecule has 0 radical (unpaired) electrons. The summed E-state index contributed by atoms with van der Waals surface area (Å²) >= 11 is 0. The molecule has 2 heterocycles. The van der Waals surface area contributed by atoms with Gasteiger partial charge in [-0.1, -0.05) is 6.07 Å². The molecule has 1 amide bonds. The lowest BCUT2D eigenvalue weighted by Crippen LogP contribution is -2.14. The number of benzene rings is 2. The summed E-state index contributed by atoms with van der Waals surface area (Å²) in [6.07, 6.45) is 1.67. The number of aryl methyl sites for hydroxylation is 1. The molecular formula is C26H27N3O5. The minimum atomic E-state index is -0.301. The first-order valence-electron chi connectivity index (χ1n) is 11.2. The third-order valence-corrected chi connectivity index (χ3v) is 5.07. The minimum Gasteiger partial charge on any atom is -0.490 e. The van der Waals surface area contributed by atoms with Crippen LogP contribution in [0.25, 0.3) is 22.7 Å². The second-order valence-electron chi connectivity index (χ2n) is 7.43. The first-order chi connectivity index (χ1) is 16.5. The first-order valence-corrected chi connectivity index (χ1v) is 11.2. The van der Waals surface area contributed by atoms with Crippen molar-refractivity contribution in [1.82, 2.24) is 9.97 Å². The van der Waals surface area contributed by atoms with Gasteiger partial charge >= 0.3 is 0 Å². The zero-order valence-electron chi connectivity index (χ0n) is 19.7. The highest BCUT2D eigenvalue weighted by Crippen LogP contribution is 2.39. The predicted molar refractivity (Wildman–Crippen MR) is 130 cm³/mol. The van der Waals surface area contributed by atoms with Crippen LogP contribution in [0.1, 0.15) is 36.7 Å². The normalized spacial score (nSPS) is 10.8. The number of fused-ring (bicyclic) bond motifs is 1. The molecule has 8 nitrogen and oxygen atoms in total. The summed E-state index contributed by atoms with van der Waals surface area (Å²) in [7, 11) is 0. The highest BCUT2D eigenvalue weighted by molar-refractivity contribution is 6.05. The van der Waals surface area contributed by atoms with Crippen molar-refractivity contribution in [2.45, 2.75) is 27.7 Å². The SMILES string of the molecule is CCOc1cc(C(=O)Nc2cc(-c3nc4ncccc4o3)ccc2C)cc(OCC)c1OCC. The molecule has 0 bridgehead atoms. The fourth-order valence-electron chi connectivity index (χ4n) is 3.50. The topological polar surface area (TPSA) is 95.7 Å². The quantitative estimate of drug-likeness (QED) is 0.344. The van der Waals surface area contributed by atoms with Crippen molar-refractivity contribution >= 4 is 22.8 Å². The van der Waals surface area contributed by atoms with Gasteiger partial charge in [-0.25, -0.2) is 4.98 Å². The maximum Gasteiger partial charge on any atom is 0.255 e. The van der Waals surface area contributed by atoms with Gasteiger partial charge in [0.15, 0.2) is 22.7 Å². The van der Waals surface area contributed by atoms with Crippen LogP contribution in [0, 0.1) is 6.92 Å². The summed E-state index contributed by atoms with van der Waals surface area (Å²) < 4.78 is 23.0. The molecular weight excluding hydrogens is 434 g/mol. The molecule has 0 atom stereocenters. The van der Waals surface area contributed by atoms with E-state index in [-0.39, 0.29) is 5.91 Å². The number of nitrogens with one attached hydrogen (secondary N) is 1. The second kappa shape index (κ2) is 10.2. The third-order valence-electron chi connectivity index (χ3n) is 5.07. The Morgan fingerprint density at radius 1 is 0.971 bits per heavy atom. The number of nitrogens with zero attached hydrogens (tertiary/aromatic N) is 2. The molecule has 0 fully saturated rings. The Bertz CT molecular complexity index is 1260. The lowest BCUT2D eigenvalue weighted by molar-refractivity contribution is 0.102. The van der Waals surface area contributed by atoms with Gasteiger partial charge in [-0.15, -0.1) is 0 Å². The molecule has 0 aliphatic carbocycles. The summed E-state index contributed by atoms with van der Waals surface area (Å²) in [5, 5.41) is 2.98. The van der Waals surface area contributed by atoms with E-state index in [1.165, 1.54) is 0 Å². The van der Waals surface area contributed by atoms with Gasteiger partial charge in [-0.3, -0.25) is 4.79 Å². The van der Waals surface area contributed by atoms with E-state index >= 15 is 0 Å². The number of pyridine rings is 1. The smallest absolute Gasteiger partial charge is 0.255 e. The lowest BCUT2D eigenvalue weighted by atomic mass is 10.1. The Balaban J connectivity index is 1.66. The average Bonchev–Trinajstić information content (AvgIpc) is 3.27. The average molecular weight is 462 g/mol. The molecule has 1 N–H and O–H groups in total. The van der Waals surface area contributed by atoms with Crippen LogP contribution < -0.4 is 19.5 Å². The van der Waals surface area contributed by atoms with Gasteiger partial charge in [0.25, 0.3) is 5.91 Å². The summed E-state index contributed by atoms with van der Waals surface area (Å²) in [6.45, 7) is 8.85. The standard InChI is InChI=1S/C26H27N3O5/c1-5-31-21-14-18(15-22(32-6-2)23(21)33-7-3)25(30)28-19-13-17(11-10-16(19)4)26-29-24-20(34-26)9-8-12-27-24/h8-15H,5-7H2,1-4H3,(H,28,30). The molecule has 0 aliphatic heterocycles. The van der Waals surface area contributed by atoms with Crippen LogP contribution in [0.5, 0.6) is 17.2 Å². The number of rotatable bonds is 9. The van der Waals surface area contributed by atoms with E-state index in [0.717, 1.165) is 11.1 Å². The van der Waals surface area contributed by atoms with E-state index in [1.54, 1.807) is 24.4 Å². The number of carbonyl (C=O) groups excluding carboxylic acids is 1. The molecule has 0 unspecified atom stereocenters. The molecule has 2 aromatic heterocycles. The van der Waals surface area contributed by atoms with Crippen molar-refractivity contribution in [2.75, 3.05) is 25.1 Å². The van der Waals surface area contributed by atoms with Gasteiger partial charge in [0.1, 0.15) is 0 Å². The molecule has 0 spiro atoms. The number of amides is 1. The molecule has 4 aromatic rings. The Hall–Kier alpha value is -4.07. The monoisotopic (exact) mass is 461 g/mol. The van der Waals surface area contributed by atoms with E-state index in [9.17, 15) is 4.79 Å². The largest absolute Gasteiger partial charge is 0.490 e. The van der Waals surface area contributed by atoms with Crippen LogP contribution in [0.4, 0.5) is 5.69 Å². The van der Waals surface area contributed by atoms with E-state index in [0.29, 0.717) is 65.4 Å². The van der Waals surface area contributed by atoms with Crippen LogP contribution in [0.15, 0.2) is 53.1 Å². The lowest BCUT2D eigenvalue weighted by Gasteiger charge is -2.17. The number of anilines is 1. The number of hydrogen-bond donors (Lipinski definition) is 1. The zero-order chi connectivity index (χ0) is 24.1. The molecule has 8 heteroatoms. The zero-order valence-corrected chi connectivity index (χ0v) is 19.7. The van der Waals surface area contributed by atoms with Crippen LogP contribution >= 0.6 is 0 Å². The van der Waals surface area contributed by atoms with Crippen molar-refractivity contribution in [3.05, 3.63) is 59.8 Å². The van der Waals surface area contributed by atoms with E-state index in [4.69, 9.17) is 18.6 Å². The number of oxazole rings is 1. The molecule has 2 aromatic carbocycles. The number of carbonyl (C=O) groups is 1. The Morgan fingerprint density at radius 2 is 1.68 bits per heavy atom. The van der Waals surface area contributed by atoms with Crippen molar-refractivity contribution in [1.29, 1.82) is 0 Å². The summed E-state index contributed by atoms with van der Waals surface area (Å²) in [4.78, 5) is 21.9. The maximum absolute atomic E-state index is 13.2. The van der Waals surface area contributed by atoms with Gasteiger partial charge < -0.3 is 23.9 Å². The van der Waals surface area contributed by atoms with Gasteiger partial charge in [-0.2, -0.15) is 4.98 Å². The molecule has 0 saturated carbocycles. The third kappa shape index (κ3) is 4.80. The van der Waals surface area contributed by atoms with Crippen LogP contribution in [-0.2, 0) is 0 Å². The van der Waals surface area contributed by atoms with Crippen molar-refractivity contribution in [2.24, 2.45) is 0 Å². The van der Waals surface area contributed by atoms with E-state index in [2.05, 4.69) is 15.3 Å². The number of hydrogen-bond acceptors (Lipinski definition) is 7. The van der Waals surface area contributed by atoms with Crippen molar-refractivity contribution < 1.29 is 23.4 Å². The van der Waals surface area contributed by atoms with E-state index in [1.807, 2.05) is 52.0 Å². The van der Waals surface area contributed by atoms with Crippen LogP contribution in [0.2, 0.25) is 0 Å². The van der Waals surface area contributed by atoms with E-state index < -0.39 is 0 Å². The molecule has 176 valence electrons. The van der Waals surface area contributed by atoms with Gasteiger partial charge in [-0.05, 0) is 69.7 Å². The fraction of sp³-hybridized carbons (Fsp3) is 0.269. The molecule has 34 heavy (non-hydrogen) atoms. The van der Waals surface area contributed by atoms with Crippen LogP contribution in [-0.4, -0.2) is 35.7 Å². The van der Waals surface area contributed by atoms with Crippen LogP contribution in [0.3, 0.4) is 0 Å². The van der Waals surface area contributed by atoms with Gasteiger partial charge in [0.2, 0.25) is 11.6 Å². The highest BCUT2D eigenvalue weighted by atomic mass is 16.5.